The highest BCUT2D eigenvalue weighted by molar-refractivity contribution is 7.99. The fourth-order valence-corrected chi connectivity index (χ4v) is 2.77. The van der Waals surface area contributed by atoms with Crippen LogP contribution in [-0.4, -0.2) is 52.5 Å². The zero-order chi connectivity index (χ0) is 15.2. The Hall–Kier alpha value is -0.750. The first-order chi connectivity index (χ1) is 8.68. The largest absolute Gasteiger partial charge is 0.480 e. The number of nitrogens with zero attached hydrogens (tertiary/aromatic N) is 1. The molecule has 0 fully saturated rings. The molecule has 19 heavy (non-hydrogen) atoms. The first kappa shape index (κ1) is 18.2. The van der Waals surface area contributed by atoms with Crippen LogP contribution in [0.4, 0.5) is 0 Å². The molecule has 0 aromatic rings. The molecule has 0 aliphatic heterocycles. The maximum atomic E-state index is 12.3. The lowest BCUT2D eigenvalue weighted by Crippen LogP contribution is -2.41. The van der Waals surface area contributed by atoms with Crippen molar-refractivity contribution in [3.8, 4) is 0 Å². The molecule has 112 valence electrons. The van der Waals surface area contributed by atoms with E-state index in [1.54, 1.807) is 11.9 Å². The molecule has 6 heteroatoms. The Labute approximate surface area is 119 Å². The van der Waals surface area contributed by atoms with Gasteiger partial charge in [-0.2, -0.15) is 11.8 Å². The Bertz CT molecular complexity index is 308. The van der Waals surface area contributed by atoms with Gasteiger partial charge in [-0.1, -0.05) is 13.8 Å². The van der Waals surface area contributed by atoms with Crippen LogP contribution in [0.2, 0.25) is 0 Å². The van der Waals surface area contributed by atoms with Crippen molar-refractivity contribution < 1.29 is 14.7 Å². The van der Waals surface area contributed by atoms with Crippen LogP contribution in [0.5, 0.6) is 0 Å². The summed E-state index contributed by atoms with van der Waals surface area (Å²) < 4.78 is 0. The number of carbonyl (C=O) groups is 2. The number of aliphatic carboxylic acids is 1. The van der Waals surface area contributed by atoms with Crippen molar-refractivity contribution in [2.45, 2.75) is 39.8 Å². The second-order valence-electron chi connectivity index (χ2n) is 5.38. The molecule has 0 rings (SSSR count). The van der Waals surface area contributed by atoms with E-state index >= 15 is 0 Å². The fourth-order valence-electron chi connectivity index (χ4n) is 1.46. The summed E-state index contributed by atoms with van der Waals surface area (Å²) in [5, 5.41) is 8.71. The van der Waals surface area contributed by atoms with E-state index in [4.69, 9.17) is 10.8 Å². The number of thioether (sulfide) groups is 1. The lowest BCUT2D eigenvalue weighted by atomic mass is 9.96. The third-order valence-electron chi connectivity index (χ3n) is 3.16. The van der Waals surface area contributed by atoms with E-state index in [0.29, 0.717) is 11.5 Å². The summed E-state index contributed by atoms with van der Waals surface area (Å²) in [6, 6.07) is -0.698. The van der Waals surface area contributed by atoms with Crippen LogP contribution in [0.3, 0.4) is 0 Å². The van der Waals surface area contributed by atoms with Crippen molar-refractivity contribution in [3.05, 3.63) is 0 Å². The topological polar surface area (TPSA) is 83.6 Å². The zero-order valence-electron chi connectivity index (χ0n) is 12.4. The molecule has 0 saturated heterocycles. The van der Waals surface area contributed by atoms with Crippen molar-refractivity contribution >= 4 is 23.6 Å². The zero-order valence-corrected chi connectivity index (χ0v) is 13.2. The molecule has 1 unspecified atom stereocenters. The molecule has 0 bridgehead atoms. The number of hydrogen-bond acceptors (Lipinski definition) is 4. The van der Waals surface area contributed by atoms with E-state index in [2.05, 4.69) is 0 Å². The summed E-state index contributed by atoms with van der Waals surface area (Å²) in [5.74, 6) is 0.174. The van der Waals surface area contributed by atoms with E-state index in [1.807, 2.05) is 27.7 Å². The Morgan fingerprint density at radius 3 is 2.11 bits per heavy atom. The second-order valence-corrected chi connectivity index (χ2v) is 6.45. The van der Waals surface area contributed by atoms with Gasteiger partial charge >= 0.3 is 5.97 Å². The van der Waals surface area contributed by atoms with Gasteiger partial charge < -0.3 is 15.7 Å². The van der Waals surface area contributed by atoms with Crippen LogP contribution in [0.15, 0.2) is 0 Å². The Balaban J connectivity index is 4.43. The van der Waals surface area contributed by atoms with Gasteiger partial charge in [-0.15, -0.1) is 0 Å². The number of carboxylic acid groups (broad SMARTS) is 1. The number of nitrogens with two attached hydrogens (primary N) is 1. The molecule has 3 N–H and O–H groups in total. The summed E-state index contributed by atoms with van der Waals surface area (Å²) in [6.07, 6.45) is 0. The van der Waals surface area contributed by atoms with Crippen molar-refractivity contribution in [1.29, 1.82) is 0 Å². The van der Waals surface area contributed by atoms with E-state index in [9.17, 15) is 9.59 Å². The smallest absolute Gasteiger partial charge is 0.321 e. The van der Waals surface area contributed by atoms with Crippen molar-refractivity contribution in [2.24, 2.45) is 17.6 Å². The molecule has 0 spiro atoms. The maximum Gasteiger partial charge on any atom is 0.321 e. The van der Waals surface area contributed by atoms with E-state index in [-0.39, 0.29) is 23.8 Å². The van der Waals surface area contributed by atoms with Gasteiger partial charge in [-0.3, -0.25) is 9.59 Å². The quantitative estimate of drug-likeness (QED) is 0.703. The molecular formula is C13H26N2O3S. The average Bonchev–Trinajstić information content (AvgIpc) is 2.31. The standard InChI is InChI=1S/C13H26N2O3S/c1-8(2)10(12(16)15(5)9(3)4)6-19-7-11(14)13(17)18/h8-11H,6-7,14H2,1-5H3,(H,17,18)/t10-,11?/m0/s1. The molecule has 0 aromatic carbocycles. The Morgan fingerprint density at radius 1 is 1.21 bits per heavy atom. The van der Waals surface area contributed by atoms with E-state index in [0.717, 1.165) is 0 Å². The van der Waals surface area contributed by atoms with Gasteiger partial charge in [0.1, 0.15) is 6.04 Å². The summed E-state index contributed by atoms with van der Waals surface area (Å²) >= 11 is 1.43. The normalized spacial score (nSPS) is 14.5. The van der Waals surface area contributed by atoms with Crippen molar-refractivity contribution in [1.82, 2.24) is 4.90 Å². The molecule has 2 atom stereocenters. The monoisotopic (exact) mass is 290 g/mol. The predicted octanol–water partition coefficient (Wildman–Crippen LogP) is 1.27. The van der Waals surface area contributed by atoms with Crippen LogP contribution in [0.1, 0.15) is 27.7 Å². The van der Waals surface area contributed by atoms with Gasteiger partial charge in [0.25, 0.3) is 0 Å². The minimum absolute atomic E-state index is 0.0987. The van der Waals surface area contributed by atoms with Gasteiger partial charge in [0.2, 0.25) is 5.91 Å². The van der Waals surface area contributed by atoms with Gasteiger partial charge in [0, 0.05) is 30.5 Å². The molecule has 0 radical (unpaired) electrons. The first-order valence-corrected chi connectivity index (χ1v) is 7.66. The summed E-state index contributed by atoms with van der Waals surface area (Å²) in [7, 11) is 1.80. The lowest BCUT2D eigenvalue weighted by Gasteiger charge is -2.29. The third-order valence-corrected chi connectivity index (χ3v) is 4.35. The van der Waals surface area contributed by atoms with Gasteiger partial charge in [-0.05, 0) is 19.8 Å². The molecule has 1 amide bonds. The Morgan fingerprint density at radius 2 is 1.74 bits per heavy atom. The third kappa shape index (κ3) is 6.29. The van der Waals surface area contributed by atoms with Gasteiger partial charge in [-0.25, -0.2) is 0 Å². The van der Waals surface area contributed by atoms with Gasteiger partial charge in [0.05, 0.1) is 0 Å². The van der Waals surface area contributed by atoms with Crippen molar-refractivity contribution in [3.63, 3.8) is 0 Å². The number of hydrogen-bond donors (Lipinski definition) is 2. The van der Waals surface area contributed by atoms with Gasteiger partial charge in [0.15, 0.2) is 0 Å². The summed E-state index contributed by atoms with van der Waals surface area (Å²) in [4.78, 5) is 24.7. The second kappa shape index (κ2) is 8.43. The van der Waals surface area contributed by atoms with Crippen LogP contribution in [-0.2, 0) is 9.59 Å². The highest BCUT2D eigenvalue weighted by atomic mass is 32.2. The van der Waals surface area contributed by atoms with Crippen LogP contribution in [0.25, 0.3) is 0 Å². The average molecular weight is 290 g/mol. The highest BCUT2D eigenvalue weighted by Gasteiger charge is 2.26. The minimum Gasteiger partial charge on any atom is -0.480 e. The van der Waals surface area contributed by atoms with Crippen LogP contribution < -0.4 is 5.73 Å². The molecule has 0 saturated carbocycles. The molecular weight excluding hydrogens is 264 g/mol. The van der Waals surface area contributed by atoms with E-state index < -0.39 is 12.0 Å². The summed E-state index contributed by atoms with van der Waals surface area (Å²) in [5.41, 5.74) is 5.45. The number of rotatable bonds is 8. The highest BCUT2D eigenvalue weighted by Crippen LogP contribution is 2.20. The molecule has 0 aliphatic carbocycles. The first-order valence-electron chi connectivity index (χ1n) is 6.51. The summed E-state index contributed by atoms with van der Waals surface area (Å²) in [6.45, 7) is 7.97. The Kier molecular flexibility index (Phi) is 8.09. The molecule has 0 heterocycles. The SMILES string of the molecule is CC(C)[C@H](CSCC(N)C(=O)O)C(=O)N(C)C(C)C. The molecule has 5 nitrogen and oxygen atoms in total. The number of carboxylic acids is 1. The lowest BCUT2D eigenvalue weighted by molar-refractivity contribution is -0.138. The number of carbonyl (C=O) groups excluding carboxylic acids is 1. The minimum atomic E-state index is -1.00. The number of amides is 1. The van der Waals surface area contributed by atoms with Crippen LogP contribution in [0, 0.1) is 11.8 Å². The van der Waals surface area contributed by atoms with Crippen molar-refractivity contribution in [2.75, 3.05) is 18.6 Å². The van der Waals surface area contributed by atoms with E-state index in [1.165, 1.54) is 11.8 Å². The van der Waals surface area contributed by atoms with Crippen LogP contribution >= 0.6 is 11.8 Å². The predicted molar refractivity (Wildman–Crippen MR) is 79.2 cm³/mol. The maximum absolute atomic E-state index is 12.3. The molecule has 0 aliphatic rings. The molecule has 0 aromatic heterocycles. The fraction of sp³-hybridized carbons (Fsp3) is 0.846.